The maximum Gasteiger partial charge on any atom is 0.161 e. The Bertz CT molecular complexity index is 457. The van der Waals surface area contributed by atoms with E-state index in [1.165, 1.54) is 0 Å². The van der Waals surface area contributed by atoms with E-state index in [1.54, 1.807) is 14.2 Å². The minimum Gasteiger partial charge on any atom is -0.496 e. The predicted octanol–water partition coefficient (Wildman–Crippen LogP) is 2.66. The summed E-state index contributed by atoms with van der Waals surface area (Å²) in [5.41, 5.74) is 1.10. The summed E-state index contributed by atoms with van der Waals surface area (Å²) in [5.74, 6) is 2.46. The number of ether oxygens (including phenoxy) is 3. The van der Waals surface area contributed by atoms with Gasteiger partial charge in [-0.3, -0.25) is 0 Å². The standard InChI is InChI=1S/C15H21NO3/c1-16-15(13-6-4-5-9-19-13)11-7-8-12(17-2)14(10-11)18-3/h6-8,10,15-16H,4-5,9H2,1-3H3. The van der Waals surface area contributed by atoms with E-state index in [9.17, 15) is 0 Å². The zero-order chi connectivity index (χ0) is 13.7. The first-order valence-electron chi connectivity index (χ1n) is 6.52. The number of nitrogens with one attached hydrogen (secondary N) is 1. The van der Waals surface area contributed by atoms with E-state index in [4.69, 9.17) is 14.2 Å². The second-order valence-electron chi connectivity index (χ2n) is 4.43. The molecule has 0 bridgehead atoms. The summed E-state index contributed by atoms with van der Waals surface area (Å²) < 4.78 is 16.3. The zero-order valence-electron chi connectivity index (χ0n) is 11.7. The Labute approximate surface area is 114 Å². The average molecular weight is 263 g/mol. The van der Waals surface area contributed by atoms with Crippen molar-refractivity contribution in [2.45, 2.75) is 18.9 Å². The number of hydrogen-bond acceptors (Lipinski definition) is 4. The van der Waals surface area contributed by atoms with Gasteiger partial charge >= 0.3 is 0 Å². The van der Waals surface area contributed by atoms with Gasteiger partial charge in [-0.25, -0.2) is 0 Å². The van der Waals surface area contributed by atoms with Crippen LogP contribution < -0.4 is 14.8 Å². The molecule has 0 spiro atoms. The second-order valence-corrected chi connectivity index (χ2v) is 4.43. The molecule has 19 heavy (non-hydrogen) atoms. The summed E-state index contributed by atoms with van der Waals surface area (Å²) in [6, 6.07) is 5.99. The van der Waals surface area contributed by atoms with Crippen LogP contribution in [0.4, 0.5) is 0 Å². The van der Waals surface area contributed by atoms with E-state index in [-0.39, 0.29) is 6.04 Å². The summed E-state index contributed by atoms with van der Waals surface area (Å²) in [7, 11) is 5.21. The van der Waals surface area contributed by atoms with Crippen LogP contribution in [0.25, 0.3) is 0 Å². The van der Waals surface area contributed by atoms with Gasteiger partial charge in [0.1, 0.15) is 5.76 Å². The SMILES string of the molecule is CNC(C1=CCCCO1)c1ccc(OC)c(OC)c1. The van der Waals surface area contributed by atoms with Crippen molar-refractivity contribution in [1.29, 1.82) is 0 Å². The molecule has 1 unspecified atom stereocenters. The molecule has 0 fully saturated rings. The Balaban J connectivity index is 2.30. The van der Waals surface area contributed by atoms with Crippen molar-refractivity contribution >= 4 is 0 Å². The Morgan fingerprint density at radius 1 is 1.21 bits per heavy atom. The van der Waals surface area contributed by atoms with Gasteiger partial charge < -0.3 is 19.5 Å². The van der Waals surface area contributed by atoms with Gasteiger partial charge in [0.15, 0.2) is 11.5 Å². The summed E-state index contributed by atoms with van der Waals surface area (Å²) >= 11 is 0. The molecule has 4 heteroatoms. The molecule has 1 heterocycles. The van der Waals surface area contributed by atoms with Gasteiger partial charge in [0.2, 0.25) is 0 Å². The number of hydrogen-bond donors (Lipinski definition) is 1. The fraction of sp³-hybridized carbons (Fsp3) is 0.467. The third-order valence-corrected chi connectivity index (χ3v) is 3.28. The van der Waals surface area contributed by atoms with Crippen LogP contribution in [0.1, 0.15) is 24.4 Å². The lowest BCUT2D eigenvalue weighted by Gasteiger charge is -2.24. The van der Waals surface area contributed by atoms with Gasteiger partial charge in [-0.1, -0.05) is 6.07 Å². The molecule has 1 aromatic rings. The van der Waals surface area contributed by atoms with Crippen LogP contribution in [-0.2, 0) is 4.74 Å². The van der Waals surface area contributed by atoms with Crippen molar-refractivity contribution in [3.63, 3.8) is 0 Å². The first kappa shape index (κ1) is 13.7. The molecule has 0 saturated heterocycles. The van der Waals surface area contributed by atoms with E-state index in [0.29, 0.717) is 0 Å². The normalized spacial score (nSPS) is 16.3. The van der Waals surface area contributed by atoms with E-state index in [1.807, 2.05) is 25.2 Å². The average Bonchev–Trinajstić information content (AvgIpc) is 2.49. The summed E-state index contributed by atoms with van der Waals surface area (Å²) in [6.45, 7) is 0.789. The van der Waals surface area contributed by atoms with Gasteiger partial charge in [0, 0.05) is 0 Å². The van der Waals surface area contributed by atoms with Gasteiger partial charge in [0.25, 0.3) is 0 Å². The Hall–Kier alpha value is -1.68. The topological polar surface area (TPSA) is 39.7 Å². The van der Waals surface area contributed by atoms with E-state index in [2.05, 4.69) is 11.4 Å². The van der Waals surface area contributed by atoms with Crippen LogP contribution in [0.15, 0.2) is 30.0 Å². The molecular formula is C15H21NO3. The minimum atomic E-state index is 0.0557. The van der Waals surface area contributed by atoms with E-state index >= 15 is 0 Å². The smallest absolute Gasteiger partial charge is 0.161 e. The number of methoxy groups -OCH3 is 2. The van der Waals surface area contributed by atoms with Crippen LogP contribution in [0.2, 0.25) is 0 Å². The molecule has 1 atom stereocenters. The van der Waals surface area contributed by atoms with Crippen LogP contribution in [0.5, 0.6) is 11.5 Å². The molecule has 0 amide bonds. The Morgan fingerprint density at radius 3 is 2.58 bits per heavy atom. The molecule has 0 radical (unpaired) electrons. The van der Waals surface area contributed by atoms with Crippen LogP contribution in [0, 0.1) is 0 Å². The van der Waals surface area contributed by atoms with Gasteiger partial charge in [0.05, 0.1) is 26.9 Å². The molecule has 0 saturated carbocycles. The minimum absolute atomic E-state index is 0.0557. The molecular weight excluding hydrogens is 242 g/mol. The zero-order valence-corrected chi connectivity index (χ0v) is 11.7. The third kappa shape index (κ3) is 3.01. The van der Waals surface area contributed by atoms with Crippen molar-refractivity contribution < 1.29 is 14.2 Å². The molecule has 1 N–H and O–H groups in total. The van der Waals surface area contributed by atoms with Gasteiger partial charge in [-0.2, -0.15) is 0 Å². The van der Waals surface area contributed by atoms with Crippen molar-refractivity contribution in [3.8, 4) is 11.5 Å². The second kappa shape index (κ2) is 6.48. The van der Waals surface area contributed by atoms with Crippen LogP contribution >= 0.6 is 0 Å². The maximum absolute atomic E-state index is 5.74. The largest absolute Gasteiger partial charge is 0.496 e. The molecule has 104 valence electrons. The van der Waals surface area contributed by atoms with E-state index in [0.717, 1.165) is 42.3 Å². The number of allylic oxidation sites excluding steroid dienone is 1. The molecule has 0 aliphatic carbocycles. The first-order valence-corrected chi connectivity index (χ1v) is 6.52. The fourth-order valence-electron chi connectivity index (χ4n) is 2.28. The molecule has 0 aromatic heterocycles. The van der Waals surface area contributed by atoms with Gasteiger partial charge in [-0.15, -0.1) is 0 Å². The molecule has 1 aliphatic rings. The highest BCUT2D eigenvalue weighted by Crippen LogP contribution is 2.33. The van der Waals surface area contributed by atoms with Gasteiger partial charge in [-0.05, 0) is 43.7 Å². The molecule has 1 aromatic carbocycles. The van der Waals surface area contributed by atoms with Crippen molar-refractivity contribution in [2.24, 2.45) is 0 Å². The van der Waals surface area contributed by atoms with E-state index < -0.39 is 0 Å². The molecule has 4 nitrogen and oxygen atoms in total. The summed E-state index contributed by atoms with van der Waals surface area (Å²) in [5, 5.41) is 3.29. The maximum atomic E-state index is 5.74. The first-order chi connectivity index (χ1) is 9.30. The molecule has 2 rings (SSSR count). The summed E-state index contributed by atoms with van der Waals surface area (Å²) in [4.78, 5) is 0. The highest BCUT2D eigenvalue weighted by molar-refractivity contribution is 5.45. The lowest BCUT2D eigenvalue weighted by molar-refractivity contribution is 0.169. The lowest BCUT2D eigenvalue weighted by atomic mass is 10.0. The highest BCUT2D eigenvalue weighted by Gasteiger charge is 2.19. The predicted molar refractivity (Wildman–Crippen MR) is 74.6 cm³/mol. The number of rotatable bonds is 5. The summed E-state index contributed by atoms with van der Waals surface area (Å²) in [6.07, 6.45) is 4.31. The van der Waals surface area contributed by atoms with Crippen molar-refractivity contribution in [1.82, 2.24) is 5.32 Å². The van der Waals surface area contributed by atoms with Crippen molar-refractivity contribution in [3.05, 3.63) is 35.6 Å². The van der Waals surface area contributed by atoms with Crippen LogP contribution in [0.3, 0.4) is 0 Å². The Kier molecular flexibility index (Phi) is 4.68. The van der Waals surface area contributed by atoms with Crippen molar-refractivity contribution in [2.75, 3.05) is 27.9 Å². The molecule has 1 aliphatic heterocycles. The van der Waals surface area contributed by atoms with Crippen LogP contribution in [-0.4, -0.2) is 27.9 Å². The monoisotopic (exact) mass is 263 g/mol. The fourth-order valence-corrected chi connectivity index (χ4v) is 2.28. The Morgan fingerprint density at radius 2 is 2.00 bits per heavy atom. The highest BCUT2D eigenvalue weighted by atomic mass is 16.5. The number of benzene rings is 1. The third-order valence-electron chi connectivity index (χ3n) is 3.28. The number of likely N-dealkylation sites (N-methyl/N-ethyl adjacent to an activating group) is 1. The quantitative estimate of drug-likeness (QED) is 0.886. The lowest BCUT2D eigenvalue weighted by Crippen LogP contribution is -2.22.